The quantitative estimate of drug-likeness (QED) is 0.830. The van der Waals surface area contributed by atoms with Gasteiger partial charge in [-0.25, -0.2) is 4.79 Å². The van der Waals surface area contributed by atoms with Crippen LogP contribution in [0.5, 0.6) is 0 Å². The first-order valence-electron chi connectivity index (χ1n) is 7.52. The minimum Gasteiger partial charge on any atom is -0.465 e. The number of nitrogens with zero attached hydrogens (tertiary/aromatic N) is 2. The van der Waals surface area contributed by atoms with E-state index in [2.05, 4.69) is 15.2 Å². The Balaban J connectivity index is 1.84. The summed E-state index contributed by atoms with van der Waals surface area (Å²) in [5.74, 6) is -0.541. The summed E-state index contributed by atoms with van der Waals surface area (Å²) in [6.45, 7) is 4.52. The lowest BCUT2D eigenvalue weighted by Crippen LogP contribution is -2.26. The number of rotatable bonds is 6. The van der Waals surface area contributed by atoms with Crippen molar-refractivity contribution < 1.29 is 14.3 Å². The average molecular weight is 315 g/mol. The molecule has 0 spiro atoms. The van der Waals surface area contributed by atoms with Gasteiger partial charge in [0, 0.05) is 18.8 Å². The average Bonchev–Trinajstić information content (AvgIpc) is 3.05. The highest BCUT2D eigenvalue weighted by atomic mass is 16.5. The van der Waals surface area contributed by atoms with E-state index in [-0.39, 0.29) is 17.9 Å². The summed E-state index contributed by atoms with van der Waals surface area (Å²) in [5, 5.41) is 7.07. The molecular formula is C17H21N3O3. The maximum atomic E-state index is 12.0. The van der Waals surface area contributed by atoms with Gasteiger partial charge >= 0.3 is 5.97 Å². The molecule has 1 N–H and O–H groups in total. The van der Waals surface area contributed by atoms with E-state index in [0.29, 0.717) is 24.2 Å². The van der Waals surface area contributed by atoms with Crippen LogP contribution in [-0.4, -0.2) is 35.3 Å². The Morgan fingerprint density at radius 2 is 1.91 bits per heavy atom. The molecule has 0 atom stereocenters. The van der Waals surface area contributed by atoms with Crippen LogP contribution in [-0.2, 0) is 11.2 Å². The van der Waals surface area contributed by atoms with Gasteiger partial charge in [0.2, 0.25) is 0 Å². The fourth-order valence-corrected chi connectivity index (χ4v) is 2.08. The lowest BCUT2D eigenvalue weighted by molar-refractivity contribution is 0.0600. The summed E-state index contributed by atoms with van der Waals surface area (Å²) in [4.78, 5) is 23.4. The molecule has 0 saturated carbocycles. The van der Waals surface area contributed by atoms with E-state index in [1.165, 1.54) is 7.11 Å². The fourth-order valence-electron chi connectivity index (χ4n) is 2.08. The number of hydrogen-bond acceptors (Lipinski definition) is 4. The zero-order chi connectivity index (χ0) is 16.8. The first-order chi connectivity index (χ1) is 11.0. The number of amides is 1. The maximum absolute atomic E-state index is 12.0. The van der Waals surface area contributed by atoms with Crippen LogP contribution >= 0.6 is 0 Å². The van der Waals surface area contributed by atoms with Crippen molar-refractivity contribution >= 4 is 11.9 Å². The highest BCUT2D eigenvalue weighted by molar-refractivity contribution is 5.92. The summed E-state index contributed by atoms with van der Waals surface area (Å²) >= 11 is 0. The van der Waals surface area contributed by atoms with E-state index in [9.17, 15) is 9.59 Å². The topological polar surface area (TPSA) is 73.2 Å². The molecule has 1 heterocycles. The minimum absolute atomic E-state index is 0.185. The molecule has 0 unspecified atom stereocenters. The van der Waals surface area contributed by atoms with Crippen molar-refractivity contribution in [2.45, 2.75) is 26.3 Å². The SMILES string of the molecule is COC(=O)c1ccc(CCNC(=O)c2ccn(C(C)C)n2)cc1. The van der Waals surface area contributed by atoms with Crippen molar-refractivity contribution in [3.8, 4) is 0 Å². The third-order valence-corrected chi connectivity index (χ3v) is 3.44. The van der Waals surface area contributed by atoms with E-state index in [1.807, 2.05) is 26.0 Å². The zero-order valence-corrected chi connectivity index (χ0v) is 13.6. The normalized spacial score (nSPS) is 10.6. The predicted molar refractivity (Wildman–Crippen MR) is 86.4 cm³/mol. The molecule has 0 fully saturated rings. The smallest absolute Gasteiger partial charge is 0.337 e. The molecule has 0 aliphatic heterocycles. The molecule has 0 aliphatic carbocycles. The number of benzene rings is 1. The Kier molecular flexibility index (Phi) is 5.51. The summed E-state index contributed by atoms with van der Waals surface area (Å²) in [6.07, 6.45) is 2.48. The number of ether oxygens (including phenoxy) is 1. The number of esters is 1. The van der Waals surface area contributed by atoms with Crippen LogP contribution in [0.15, 0.2) is 36.5 Å². The van der Waals surface area contributed by atoms with Gasteiger partial charge in [-0.3, -0.25) is 9.48 Å². The molecule has 6 nitrogen and oxygen atoms in total. The Morgan fingerprint density at radius 1 is 1.22 bits per heavy atom. The van der Waals surface area contributed by atoms with Crippen LogP contribution in [0, 0.1) is 0 Å². The van der Waals surface area contributed by atoms with Gasteiger partial charge in [-0.2, -0.15) is 5.10 Å². The zero-order valence-electron chi connectivity index (χ0n) is 13.6. The van der Waals surface area contributed by atoms with Crippen molar-refractivity contribution in [2.24, 2.45) is 0 Å². The minimum atomic E-state index is -0.356. The molecule has 6 heteroatoms. The summed E-state index contributed by atoms with van der Waals surface area (Å²) < 4.78 is 6.40. The Morgan fingerprint density at radius 3 is 2.48 bits per heavy atom. The van der Waals surface area contributed by atoms with Gasteiger partial charge in [0.05, 0.1) is 12.7 Å². The summed E-state index contributed by atoms with van der Waals surface area (Å²) in [7, 11) is 1.35. The number of carbonyl (C=O) groups is 2. The van der Waals surface area contributed by atoms with E-state index in [1.54, 1.807) is 29.1 Å². The van der Waals surface area contributed by atoms with Gasteiger partial charge in [-0.1, -0.05) is 12.1 Å². The third-order valence-electron chi connectivity index (χ3n) is 3.44. The van der Waals surface area contributed by atoms with Crippen molar-refractivity contribution in [2.75, 3.05) is 13.7 Å². The molecule has 0 saturated heterocycles. The second-order valence-electron chi connectivity index (χ2n) is 5.47. The highest BCUT2D eigenvalue weighted by Crippen LogP contribution is 2.07. The first kappa shape index (κ1) is 16.7. The maximum Gasteiger partial charge on any atom is 0.337 e. The van der Waals surface area contributed by atoms with Crippen LogP contribution < -0.4 is 5.32 Å². The molecule has 0 bridgehead atoms. The molecule has 2 aromatic rings. The van der Waals surface area contributed by atoms with Gasteiger partial charge in [0.15, 0.2) is 0 Å². The molecule has 1 aromatic heterocycles. The van der Waals surface area contributed by atoms with Crippen LogP contribution in [0.3, 0.4) is 0 Å². The highest BCUT2D eigenvalue weighted by Gasteiger charge is 2.10. The fraction of sp³-hybridized carbons (Fsp3) is 0.353. The lowest BCUT2D eigenvalue weighted by atomic mass is 10.1. The second-order valence-corrected chi connectivity index (χ2v) is 5.47. The van der Waals surface area contributed by atoms with Gasteiger partial charge in [0.25, 0.3) is 5.91 Å². The Hall–Kier alpha value is -2.63. The Labute approximate surface area is 135 Å². The second kappa shape index (κ2) is 7.58. The van der Waals surface area contributed by atoms with Crippen LogP contribution in [0.4, 0.5) is 0 Å². The molecule has 1 amide bonds. The third kappa shape index (κ3) is 4.42. The molecule has 122 valence electrons. The van der Waals surface area contributed by atoms with Gasteiger partial charge in [-0.15, -0.1) is 0 Å². The predicted octanol–water partition coefficient (Wildman–Crippen LogP) is 2.22. The lowest BCUT2D eigenvalue weighted by Gasteiger charge is -2.06. The molecule has 23 heavy (non-hydrogen) atoms. The Bertz CT molecular complexity index is 675. The molecule has 2 rings (SSSR count). The summed E-state index contributed by atoms with van der Waals surface area (Å²) in [5.41, 5.74) is 1.96. The van der Waals surface area contributed by atoms with E-state index in [0.717, 1.165) is 5.56 Å². The van der Waals surface area contributed by atoms with E-state index < -0.39 is 0 Å². The van der Waals surface area contributed by atoms with Crippen molar-refractivity contribution in [3.05, 3.63) is 53.3 Å². The summed E-state index contributed by atoms with van der Waals surface area (Å²) in [6, 6.07) is 9.07. The monoisotopic (exact) mass is 315 g/mol. The van der Waals surface area contributed by atoms with Gasteiger partial charge < -0.3 is 10.1 Å². The van der Waals surface area contributed by atoms with E-state index in [4.69, 9.17) is 0 Å². The molecule has 0 radical (unpaired) electrons. The van der Waals surface area contributed by atoms with Gasteiger partial charge in [0.1, 0.15) is 5.69 Å². The molecule has 0 aliphatic rings. The van der Waals surface area contributed by atoms with Crippen molar-refractivity contribution in [3.63, 3.8) is 0 Å². The van der Waals surface area contributed by atoms with Crippen molar-refractivity contribution in [1.29, 1.82) is 0 Å². The number of carbonyl (C=O) groups excluding carboxylic acids is 2. The van der Waals surface area contributed by atoms with Crippen LogP contribution in [0.1, 0.15) is 46.3 Å². The molecular weight excluding hydrogens is 294 g/mol. The molecule has 1 aromatic carbocycles. The number of aromatic nitrogens is 2. The standard InChI is InChI=1S/C17H21N3O3/c1-12(2)20-11-9-15(19-20)16(21)18-10-8-13-4-6-14(7-5-13)17(22)23-3/h4-7,9,11-12H,8,10H2,1-3H3,(H,18,21). The van der Waals surface area contributed by atoms with Crippen molar-refractivity contribution in [1.82, 2.24) is 15.1 Å². The number of methoxy groups -OCH3 is 1. The van der Waals surface area contributed by atoms with Gasteiger partial charge in [-0.05, 0) is 44.0 Å². The largest absolute Gasteiger partial charge is 0.465 e. The number of hydrogen-bond donors (Lipinski definition) is 1. The first-order valence-corrected chi connectivity index (χ1v) is 7.52. The van der Waals surface area contributed by atoms with Crippen LogP contribution in [0.25, 0.3) is 0 Å². The van der Waals surface area contributed by atoms with Crippen LogP contribution in [0.2, 0.25) is 0 Å². The number of nitrogens with one attached hydrogen (secondary N) is 1. The van der Waals surface area contributed by atoms with E-state index >= 15 is 0 Å².